The summed E-state index contributed by atoms with van der Waals surface area (Å²) in [7, 11) is 3.88. The molecule has 5 heteroatoms. The van der Waals surface area contributed by atoms with Crippen LogP contribution in [-0.4, -0.2) is 59.4 Å². The number of aromatic nitrogens is 1. The molecule has 3 heterocycles. The van der Waals surface area contributed by atoms with Gasteiger partial charge in [0, 0.05) is 62.3 Å². The Balaban J connectivity index is 1.46. The van der Waals surface area contributed by atoms with E-state index in [0.717, 1.165) is 37.8 Å². The monoisotopic (exact) mass is 431 g/mol. The van der Waals surface area contributed by atoms with E-state index in [9.17, 15) is 5.11 Å². The topological polar surface area (TPSA) is 40.9 Å². The van der Waals surface area contributed by atoms with Crippen molar-refractivity contribution in [1.82, 2.24) is 14.4 Å². The number of rotatable bonds is 6. The predicted octanol–water partition coefficient (Wildman–Crippen LogP) is 3.70. The highest BCUT2D eigenvalue weighted by atomic mass is 16.5. The minimum absolute atomic E-state index is 0.00305. The van der Waals surface area contributed by atoms with Crippen LogP contribution in [0.25, 0.3) is 10.9 Å². The summed E-state index contributed by atoms with van der Waals surface area (Å²) in [4.78, 5) is 5.17. The molecule has 1 spiro atoms. The Morgan fingerprint density at radius 1 is 1.06 bits per heavy atom. The minimum Gasteiger partial charge on any atom is -0.497 e. The Kier molecular flexibility index (Phi) is 4.83. The quantitative estimate of drug-likeness (QED) is 0.646. The molecular weight excluding hydrogens is 398 g/mol. The van der Waals surface area contributed by atoms with Gasteiger partial charge in [0.25, 0.3) is 0 Å². The van der Waals surface area contributed by atoms with Gasteiger partial charge in [-0.05, 0) is 42.0 Å². The SMILES string of the molecule is COc1ccc2c3c(n(C)c2c1)[C@H](CO)N(Cc1ccccc1)CC31CN(CC2CC2)C1. The maximum absolute atomic E-state index is 10.6. The van der Waals surface area contributed by atoms with E-state index in [2.05, 4.69) is 69.9 Å². The number of aliphatic hydroxyl groups is 1. The van der Waals surface area contributed by atoms with Gasteiger partial charge in [-0.2, -0.15) is 0 Å². The molecule has 1 aromatic heterocycles. The van der Waals surface area contributed by atoms with Crippen molar-refractivity contribution in [1.29, 1.82) is 0 Å². The number of hydrogen-bond donors (Lipinski definition) is 1. The average Bonchev–Trinajstić information content (AvgIpc) is 3.56. The molecule has 168 valence electrons. The van der Waals surface area contributed by atoms with Crippen LogP contribution < -0.4 is 4.74 Å². The maximum atomic E-state index is 10.6. The molecule has 2 aliphatic heterocycles. The van der Waals surface area contributed by atoms with Crippen LogP contribution >= 0.6 is 0 Å². The summed E-state index contributed by atoms with van der Waals surface area (Å²) in [6, 6.07) is 17.2. The molecular formula is C27H33N3O2. The molecule has 0 bridgehead atoms. The van der Waals surface area contributed by atoms with Crippen molar-refractivity contribution < 1.29 is 9.84 Å². The third-order valence-corrected chi connectivity index (χ3v) is 7.91. The van der Waals surface area contributed by atoms with E-state index in [0.29, 0.717) is 0 Å². The zero-order valence-electron chi connectivity index (χ0n) is 19.1. The lowest BCUT2D eigenvalue weighted by atomic mass is 9.68. The Morgan fingerprint density at radius 2 is 1.84 bits per heavy atom. The van der Waals surface area contributed by atoms with Gasteiger partial charge in [-0.25, -0.2) is 0 Å². The van der Waals surface area contributed by atoms with Crippen LogP contribution in [0.15, 0.2) is 48.5 Å². The predicted molar refractivity (Wildman–Crippen MR) is 127 cm³/mol. The Morgan fingerprint density at radius 3 is 2.53 bits per heavy atom. The van der Waals surface area contributed by atoms with E-state index >= 15 is 0 Å². The van der Waals surface area contributed by atoms with Gasteiger partial charge >= 0.3 is 0 Å². The van der Waals surface area contributed by atoms with E-state index in [1.165, 1.54) is 47.1 Å². The van der Waals surface area contributed by atoms with E-state index in [-0.39, 0.29) is 18.1 Å². The highest BCUT2D eigenvalue weighted by Gasteiger charge is 2.53. The molecule has 0 radical (unpaired) electrons. The summed E-state index contributed by atoms with van der Waals surface area (Å²) >= 11 is 0. The third-order valence-electron chi connectivity index (χ3n) is 7.91. The van der Waals surface area contributed by atoms with E-state index in [4.69, 9.17) is 4.74 Å². The molecule has 3 aliphatic rings. The molecule has 32 heavy (non-hydrogen) atoms. The van der Waals surface area contributed by atoms with Crippen molar-refractivity contribution in [3.8, 4) is 5.75 Å². The summed E-state index contributed by atoms with van der Waals surface area (Å²) < 4.78 is 7.86. The van der Waals surface area contributed by atoms with Gasteiger partial charge in [0.2, 0.25) is 0 Å². The second-order valence-corrected chi connectivity index (χ2v) is 10.2. The summed E-state index contributed by atoms with van der Waals surface area (Å²) in [6.07, 6.45) is 2.80. The number of likely N-dealkylation sites (tertiary alicyclic amines) is 1. The van der Waals surface area contributed by atoms with Crippen molar-refractivity contribution >= 4 is 10.9 Å². The van der Waals surface area contributed by atoms with Crippen molar-refractivity contribution in [2.45, 2.75) is 30.8 Å². The fourth-order valence-electron chi connectivity index (χ4n) is 6.31. The summed E-state index contributed by atoms with van der Waals surface area (Å²) in [6.45, 7) is 5.46. The van der Waals surface area contributed by atoms with Crippen LogP contribution in [0.5, 0.6) is 5.75 Å². The van der Waals surface area contributed by atoms with Gasteiger partial charge in [0.15, 0.2) is 0 Å². The van der Waals surface area contributed by atoms with E-state index in [1.54, 1.807) is 7.11 Å². The first-order valence-corrected chi connectivity index (χ1v) is 11.9. The van der Waals surface area contributed by atoms with Gasteiger partial charge in [-0.15, -0.1) is 0 Å². The molecule has 3 aromatic rings. The van der Waals surface area contributed by atoms with Gasteiger partial charge in [-0.1, -0.05) is 30.3 Å². The standard InChI is InChI=1S/C27H33N3O2/c1-28-23-12-21(32-2)10-11-22(23)25-26(28)24(15-31)30(14-19-6-4-3-5-7-19)18-27(25)16-29(17-27)13-20-8-9-20/h3-7,10-12,20,24,31H,8-9,13-18H2,1-2H3/t24-/m0/s1. The molecule has 2 fully saturated rings. The number of aryl methyl sites for hydroxylation is 1. The van der Waals surface area contributed by atoms with Crippen LogP contribution in [0.4, 0.5) is 0 Å². The number of nitrogens with zero attached hydrogens (tertiary/aromatic N) is 3. The zero-order valence-corrected chi connectivity index (χ0v) is 19.1. The van der Waals surface area contributed by atoms with Crippen molar-refractivity contribution in [3.63, 3.8) is 0 Å². The molecule has 1 saturated heterocycles. The Hall–Kier alpha value is -2.34. The van der Waals surface area contributed by atoms with Gasteiger partial charge in [0.1, 0.15) is 5.75 Å². The number of aliphatic hydroxyl groups excluding tert-OH is 1. The highest BCUT2D eigenvalue weighted by Crippen LogP contribution is 2.50. The lowest BCUT2D eigenvalue weighted by Crippen LogP contribution is -2.66. The van der Waals surface area contributed by atoms with Gasteiger partial charge in [0.05, 0.1) is 25.3 Å². The Bertz CT molecular complexity index is 1130. The zero-order chi connectivity index (χ0) is 21.9. The summed E-state index contributed by atoms with van der Waals surface area (Å²) in [5.41, 5.74) is 5.38. The molecule has 0 amide bonds. The van der Waals surface area contributed by atoms with Crippen LogP contribution in [-0.2, 0) is 19.0 Å². The summed E-state index contributed by atoms with van der Waals surface area (Å²) in [5, 5.41) is 11.9. The number of hydrogen-bond acceptors (Lipinski definition) is 4. The highest BCUT2D eigenvalue weighted by molar-refractivity contribution is 5.89. The number of benzene rings is 2. The molecule has 1 aliphatic carbocycles. The number of fused-ring (bicyclic) bond motifs is 4. The normalized spacial score (nSPS) is 22.8. The first-order valence-electron chi connectivity index (χ1n) is 11.9. The molecule has 6 rings (SSSR count). The largest absolute Gasteiger partial charge is 0.497 e. The lowest BCUT2D eigenvalue weighted by molar-refractivity contribution is -0.0110. The second-order valence-electron chi connectivity index (χ2n) is 10.2. The number of methoxy groups -OCH3 is 1. The molecule has 5 nitrogen and oxygen atoms in total. The van der Waals surface area contributed by atoms with E-state index < -0.39 is 0 Å². The van der Waals surface area contributed by atoms with Crippen LogP contribution in [0, 0.1) is 5.92 Å². The molecule has 2 aromatic carbocycles. The fraction of sp³-hybridized carbons (Fsp3) is 0.481. The summed E-state index contributed by atoms with van der Waals surface area (Å²) in [5.74, 6) is 1.80. The third kappa shape index (κ3) is 3.18. The van der Waals surface area contributed by atoms with Crippen molar-refractivity contribution in [3.05, 3.63) is 65.4 Å². The first-order chi connectivity index (χ1) is 15.6. The van der Waals surface area contributed by atoms with E-state index in [1.807, 2.05) is 0 Å². The molecule has 0 unspecified atom stereocenters. The van der Waals surface area contributed by atoms with Crippen molar-refractivity contribution in [2.24, 2.45) is 13.0 Å². The molecule has 1 atom stereocenters. The second kappa shape index (κ2) is 7.62. The smallest absolute Gasteiger partial charge is 0.120 e. The van der Waals surface area contributed by atoms with Gasteiger partial charge < -0.3 is 19.3 Å². The van der Waals surface area contributed by atoms with Crippen LogP contribution in [0.2, 0.25) is 0 Å². The first kappa shape index (κ1) is 20.3. The van der Waals surface area contributed by atoms with Crippen LogP contribution in [0.3, 0.4) is 0 Å². The Labute approximate surface area is 190 Å². The maximum Gasteiger partial charge on any atom is 0.120 e. The lowest BCUT2D eigenvalue weighted by Gasteiger charge is -2.56. The fourth-order valence-corrected chi connectivity index (χ4v) is 6.31. The van der Waals surface area contributed by atoms with Crippen molar-refractivity contribution in [2.75, 3.05) is 39.9 Å². The molecule has 1 saturated carbocycles. The van der Waals surface area contributed by atoms with Crippen LogP contribution in [0.1, 0.15) is 35.7 Å². The average molecular weight is 432 g/mol. The number of ether oxygens (including phenoxy) is 1. The van der Waals surface area contributed by atoms with Gasteiger partial charge in [-0.3, -0.25) is 4.90 Å². The molecule has 1 N–H and O–H groups in total. The minimum atomic E-state index is -0.00305.